The van der Waals surface area contributed by atoms with E-state index in [4.69, 9.17) is 0 Å². The van der Waals surface area contributed by atoms with Crippen LogP contribution in [0.2, 0.25) is 0 Å². The van der Waals surface area contributed by atoms with E-state index in [9.17, 15) is 9.90 Å². The van der Waals surface area contributed by atoms with E-state index in [0.717, 1.165) is 23.1 Å². The van der Waals surface area contributed by atoms with Gasteiger partial charge >= 0.3 is 5.97 Å². The van der Waals surface area contributed by atoms with Gasteiger partial charge in [0, 0.05) is 5.41 Å². The minimum absolute atomic E-state index is 0.454. The van der Waals surface area contributed by atoms with Gasteiger partial charge in [0.2, 0.25) is 0 Å². The van der Waals surface area contributed by atoms with Crippen molar-refractivity contribution in [3.8, 4) is 0 Å². The lowest BCUT2D eigenvalue weighted by Crippen LogP contribution is -2.52. The number of aliphatic carboxylic acids is 1. The minimum Gasteiger partial charge on any atom is -0.481 e. The SMILES string of the molecule is CCC(CCCC(c1ccccc1)(c1ccccc1)c1ccccc1)(C(=O)O)C(c1ccccc1)(c1ccccc1)c1ccccc1. The van der Waals surface area contributed by atoms with E-state index in [1.54, 1.807) is 0 Å². The van der Waals surface area contributed by atoms with E-state index < -0.39 is 22.2 Å². The highest BCUT2D eigenvalue weighted by atomic mass is 16.4. The molecule has 234 valence electrons. The maximum absolute atomic E-state index is 14.2. The van der Waals surface area contributed by atoms with E-state index in [0.29, 0.717) is 19.3 Å². The molecule has 6 aromatic rings. The molecule has 0 amide bonds. The molecule has 0 aromatic heterocycles. The van der Waals surface area contributed by atoms with E-state index in [-0.39, 0.29) is 0 Å². The average Bonchev–Trinajstić information content (AvgIpc) is 3.15. The highest BCUT2D eigenvalue weighted by Gasteiger charge is 2.58. The second-order valence-corrected chi connectivity index (χ2v) is 12.4. The van der Waals surface area contributed by atoms with Crippen LogP contribution in [0.1, 0.15) is 66.0 Å². The third kappa shape index (κ3) is 5.59. The van der Waals surface area contributed by atoms with Crippen LogP contribution in [0.5, 0.6) is 0 Å². The first-order valence-corrected chi connectivity index (χ1v) is 16.7. The van der Waals surface area contributed by atoms with Gasteiger partial charge in [-0.2, -0.15) is 0 Å². The van der Waals surface area contributed by atoms with Crippen molar-refractivity contribution in [3.05, 3.63) is 215 Å². The summed E-state index contributed by atoms with van der Waals surface area (Å²) in [7, 11) is 0. The molecule has 0 heterocycles. The molecular formula is C45H42O2. The lowest BCUT2D eigenvalue weighted by molar-refractivity contribution is -0.153. The summed E-state index contributed by atoms with van der Waals surface area (Å²) < 4.78 is 0. The van der Waals surface area contributed by atoms with Crippen molar-refractivity contribution in [2.24, 2.45) is 5.41 Å². The molecule has 0 fully saturated rings. The van der Waals surface area contributed by atoms with Crippen LogP contribution in [0.25, 0.3) is 0 Å². The molecule has 1 N–H and O–H groups in total. The predicted octanol–water partition coefficient (Wildman–Crippen LogP) is 10.7. The second-order valence-electron chi connectivity index (χ2n) is 12.4. The Kier molecular flexibility index (Phi) is 9.50. The van der Waals surface area contributed by atoms with Crippen LogP contribution in [0.4, 0.5) is 0 Å². The van der Waals surface area contributed by atoms with E-state index >= 15 is 0 Å². The molecule has 1 unspecified atom stereocenters. The quantitative estimate of drug-likeness (QED) is 0.131. The van der Waals surface area contributed by atoms with Gasteiger partial charge in [-0.1, -0.05) is 195 Å². The first-order valence-electron chi connectivity index (χ1n) is 16.7. The van der Waals surface area contributed by atoms with E-state index in [2.05, 4.69) is 134 Å². The fourth-order valence-corrected chi connectivity index (χ4v) is 8.20. The van der Waals surface area contributed by atoms with Crippen LogP contribution in [-0.2, 0) is 15.6 Å². The summed E-state index contributed by atoms with van der Waals surface area (Å²) in [5.41, 5.74) is 4.02. The summed E-state index contributed by atoms with van der Waals surface area (Å²) in [5, 5.41) is 11.6. The van der Waals surface area contributed by atoms with Gasteiger partial charge < -0.3 is 5.11 Å². The molecule has 47 heavy (non-hydrogen) atoms. The van der Waals surface area contributed by atoms with Gasteiger partial charge in [0.15, 0.2) is 0 Å². The molecule has 0 spiro atoms. The molecule has 0 saturated carbocycles. The molecule has 0 aliphatic heterocycles. The summed E-state index contributed by atoms with van der Waals surface area (Å²) in [4.78, 5) is 14.2. The van der Waals surface area contributed by atoms with Crippen molar-refractivity contribution in [3.63, 3.8) is 0 Å². The summed E-state index contributed by atoms with van der Waals surface area (Å²) >= 11 is 0. The van der Waals surface area contributed by atoms with Crippen molar-refractivity contribution in [2.45, 2.75) is 43.4 Å². The van der Waals surface area contributed by atoms with Crippen LogP contribution < -0.4 is 0 Å². The topological polar surface area (TPSA) is 37.3 Å². The smallest absolute Gasteiger partial charge is 0.311 e. The van der Waals surface area contributed by atoms with Crippen molar-refractivity contribution in [1.29, 1.82) is 0 Å². The van der Waals surface area contributed by atoms with E-state index in [1.165, 1.54) is 16.7 Å². The zero-order valence-corrected chi connectivity index (χ0v) is 27.0. The van der Waals surface area contributed by atoms with Gasteiger partial charge in [-0.3, -0.25) is 4.79 Å². The Bertz CT molecular complexity index is 1640. The first-order chi connectivity index (χ1) is 23.1. The van der Waals surface area contributed by atoms with Crippen LogP contribution in [0.3, 0.4) is 0 Å². The van der Waals surface area contributed by atoms with Crippen molar-refractivity contribution in [2.75, 3.05) is 0 Å². The monoisotopic (exact) mass is 614 g/mol. The molecule has 0 aliphatic rings. The molecule has 1 atom stereocenters. The van der Waals surface area contributed by atoms with Crippen molar-refractivity contribution < 1.29 is 9.90 Å². The zero-order chi connectivity index (χ0) is 32.6. The summed E-state index contributed by atoms with van der Waals surface area (Å²) in [5.74, 6) is -0.777. The average molecular weight is 615 g/mol. The molecule has 6 aromatic carbocycles. The second kappa shape index (κ2) is 14.1. The minimum atomic E-state index is -1.16. The van der Waals surface area contributed by atoms with Crippen LogP contribution in [0.15, 0.2) is 182 Å². The third-order valence-corrected chi connectivity index (χ3v) is 10.3. The Labute approximate surface area is 279 Å². The number of hydrogen-bond donors (Lipinski definition) is 1. The van der Waals surface area contributed by atoms with Gasteiger partial charge in [-0.05, 0) is 52.6 Å². The highest BCUT2D eigenvalue weighted by molar-refractivity contribution is 5.81. The number of hydrogen-bond acceptors (Lipinski definition) is 1. The first kappa shape index (κ1) is 31.8. The Hall–Kier alpha value is -5.21. The molecule has 2 heteroatoms. The Morgan fingerprint density at radius 2 is 0.723 bits per heavy atom. The number of carboxylic acid groups (broad SMARTS) is 1. The number of rotatable bonds is 13. The number of benzene rings is 6. The molecule has 0 aliphatic carbocycles. The predicted molar refractivity (Wildman–Crippen MR) is 193 cm³/mol. The summed E-state index contributed by atoms with van der Waals surface area (Å²) in [6, 6.07) is 63.0. The summed E-state index contributed by atoms with van der Waals surface area (Å²) in [6.07, 6.45) is 2.36. The van der Waals surface area contributed by atoms with Gasteiger partial charge in [0.1, 0.15) is 0 Å². The standard InChI is InChI=1S/C45H42O2/c1-2-43(42(46)47,45(39-28-15-6-16-29-39,40-30-17-7-18-31-40)41-32-19-8-20-33-41)34-21-35-44(36-22-9-3-10-23-36,37-24-11-4-12-25-37)38-26-13-5-14-27-38/h3-20,22-33H,2,21,34-35H2,1H3,(H,46,47). The normalized spacial score (nSPS) is 13.0. The summed E-state index contributed by atoms with van der Waals surface area (Å²) in [6.45, 7) is 2.05. The molecule has 0 saturated heterocycles. The zero-order valence-electron chi connectivity index (χ0n) is 27.0. The van der Waals surface area contributed by atoms with Crippen LogP contribution in [-0.4, -0.2) is 11.1 Å². The third-order valence-electron chi connectivity index (χ3n) is 10.3. The largest absolute Gasteiger partial charge is 0.481 e. The maximum Gasteiger partial charge on any atom is 0.311 e. The molecule has 0 bridgehead atoms. The maximum atomic E-state index is 14.2. The van der Waals surface area contributed by atoms with Gasteiger partial charge in [0.05, 0.1) is 10.8 Å². The fraction of sp³-hybridized carbons (Fsp3) is 0.178. The Morgan fingerprint density at radius 1 is 0.447 bits per heavy atom. The lowest BCUT2D eigenvalue weighted by Gasteiger charge is -2.50. The molecule has 2 nitrogen and oxygen atoms in total. The van der Waals surface area contributed by atoms with Gasteiger partial charge in [-0.25, -0.2) is 0 Å². The van der Waals surface area contributed by atoms with Gasteiger partial charge in [-0.15, -0.1) is 0 Å². The van der Waals surface area contributed by atoms with Crippen LogP contribution >= 0.6 is 0 Å². The Balaban J connectivity index is 1.56. The van der Waals surface area contributed by atoms with E-state index in [1.807, 2.05) is 54.6 Å². The number of carboxylic acids is 1. The fourth-order valence-electron chi connectivity index (χ4n) is 8.20. The van der Waals surface area contributed by atoms with Gasteiger partial charge in [0.25, 0.3) is 0 Å². The number of carbonyl (C=O) groups is 1. The molecule has 0 radical (unpaired) electrons. The molecular weight excluding hydrogens is 572 g/mol. The van der Waals surface area contributed by atoms with Crippen LogP contribution in [0, 0.1) is 5.41 Å². The highest BCUT2D eigenvalue weighted by Crippen LogP contribution is 2.57. The lowest BCUT2D eigenvalue weighted by atomic mass is 9.50. The Morgan fingerprint density at radius 3 is 0.979 bits per heavy atom. The van der Waals surface area contributed by atoms with Crippen molar-refractivity contribution >= 4 is 5.97 Å². The van der Waals surface area contributed by atoms with Crippen molar-refractivity contribution in [1.82, 2.24) is 0 Å². The molecule has 6 rings (SSSR count).